The minimum absolute atomic E-state index is 0.0125. The smallest absolute Gasteiger partial charge is 0.290 e. The van der Waals surface area contributed by atoms with E-state index in [0.717, 1.165) is 32.6 Å². The van der Waals surface area contributed by atoms with Gasteiger partial charge in [-0.15, -0.1) is 0 Å². The molecule has 1 aromatic rings. The second-order valence-electron chi connectivity index (χ2n) is 7.02. The van der Waals surface area contributed by atoms with Gasteiger partial charge in [-0.05, 0) is 31.0 Å². The maximum Gasteiger partial charge on any atom is 0.290 e. The number of hydrogen-bond acceptors (Lipinski definition) is 6. The Morgan fingerprint density at radius 2 is 1.79 bits per heavy atom. The van der Waals surface area contributed by atoms with Gasteiger partial charge < -0.3 is 25.5 Å². The van der Waals surface area contributed by atoms with E-state index in [-0.39, 0.29) is 24.8 Å². The zero-order valence-corrected chi connectivity index (χ0v) is 16.7. The van der Waals surface area contributed by atoms with Crippen LogP contribution in [0.25, 0.3) is 0 Å². The quantitative estimate of drug-likeness (QED) is 0.506. The first-order valence-electron chi connectivity index (χ1n) is 9.55. The number of carbonyl (C=O) groups is 3. The van der Waals surface area contributed by atoms with Crippen molar-refractivity contribution in [3.05, 3.63) is 35.4 Å². The fourth-order valence-electron chi connectivity index (χ4n) is 3.57. The van der Waals surface area contributed by atoms with Crippen LogP contribution < -0.4 is 5.32 Å². The van der Waals surface area contributed by atoms with Crippen molar-refractivity contribution in [2.75, 3.05) is 39.8 Å². The van der Waals surface area contributed by atoms with Gasteiger partial charge >= 0.3 is 0 Å². The molecule has 9 heteroatoms. The van der Waals surface area contributed by atoms with Crippen molar-refractivity contribution in [3.63, 3.8) is 0 Å². The molecule has 0 aromatic heterocycles. The van der Waals surface area contributed by atoms with Crippen LogP contribution in [-0.4, -0.2) is 89.8 Å². The lowest BCUT2D eigenvalue weighted by molar-refractivity contribution is -0.131. The normalized spacial score (nSPS) is 21.3. The van der Waals surface area contributed by atoms with Crippen molar-refractivity contribution in [2.24, 2.45) is 5.92 Å². The number of aliphatic hydroxyl groups is 1. The number of carbonyl (C=O) groups excluding carboxylic acids is 1. The summed E-state index contributed by atoms with van der Waals surface area (Å²) in [7, 11) is 2.00. The van der Waals surface area contributed by atoms with E-state index in [1.54, 1.807) is 0 Å². The first kappa shape index (κ1) is 24.5. The number of nitrogens with one attached hydrogen (secondary N) is 1. The Morgan fingerprint density at radius 3 is 2.45 bits per heavy atom. The molecule has 162 valence electrons. The Bertz CT molecular complexity index is 636. The molecule has 0 radical (unpaired) electrons. The van der Waals surface area contributed by atoms with Crippen LogP contribution in [0.3, 0.4) is 0 Å². The summed E-state index contributed by atoms with van der Waals surface area (Å²) in [5.41, 5.74) is 2.84. The lowest BCUT2D eigenvalue weighted by atomic mass is 9.94. The molecule has 3 rings (SSSR count). The summed E-state index contributed by atoms with van der Waals surface area (Å²) in [5.74, 6) is -0.308. The highest BCUT2D eigenvalue weighted by molar-refractivity contribution is 5.79. The molecule has 1 aromatic carbocycles. The van der Waals surface area contributed by atoms with Crippen molar-refractivity contribution in [1.29, 1.82) is 0 Å². The first-order valence-corrected chi connectivity index (χ1v) is 9.55. The van der Waals surface area contributed by atoms with Crippen molar-refractivity contribution < 1.29 is 29.7 Å². The third-order valence-corrected chi connectivity index (χ3v) is 5.05. The van der Waals surface area contributed by atoms with Crippen LogP contribution in [0.2, 0.25) is 0 Å². The average Bonchev–Trinajstić information content (AvgIpc) is 2.71. The molecular weight excluding hydrogens is 378 g/mol. The second kappa shape index (κ2) is 13.6. The lowest BCUT2D eigenvalue weighted by Gasteiger charge is -2.33. The van der Waals surface area contributed by atoms with E-state index in [0.29, 0.717) is 19.5 Å². The van der Waals surface area contributed by atoms with Crippen LogP contribution in [0.1, 0.15) is 17.5 Å². The predicted molar refractivity (Wildman–Crippen MR) is 107 cm³/mol. The van der Waals surface area contributed by atoms with Crippen molar-refractivity contribution in [1.82, 2.24) is 15.1 Å². The van der Waals surface area contributed by atoms with E-state index >= 15 is 0 Å². The fourth-order valence-corrected chi connectivity index (χ4v) is 3.57. The van der Waals surface area contributed by atoms with Crippen molar-refractivity contribution in [2.45, 2.75) is 25.5 Å². The summed E-state index contributed by atoms with van der Waals surface area (Å²) in [5, 5.41) is 26.8. The van der Waals surface area contributed by atoms with E-state index in [9.17, 15) is 9.90 Å². The number of piperidine rings is 1. The summed E-state index contributed by atoms with van der Waals surface area (Å²) in [6, 6.07) is 8.58. The maximum atomic E-state index is 12.3. The van der Waals surface area contributed by atoms with Gasteiger partial charge in [0.15, 0.2) is 0 Å². The second-order valence-corrected chi connectivity index (χ2v) is 7.02. The fraction of sp³-hybridized carbons (Fsp3) is 0.550. The van der Waals surface area contributed by atoms with Gasteiger partial charge in [0.2, 0.25) is 5.91 Å². The number of amides is 1. The molecule has 2 aliphatic rings. The lowest BCUT2D eigenvalue weighted by Crippen LogP contribution is -2.49. The molecule has 9 nitrogen and oxygen atoms in total. The van der Waals surface area contributed by atoms with Gasteiger partial charge in [-0.3, -0.25) is 19.3 Å². The number of benzene rings is 1. The van der Waals surface area contributed by atoms with Gasteiger partial charge in [0.1, 0.15) is 0 Å². The number of likely N-dealkylation sites (tertiary alicyclic amines) is 1. The Morgan fingerprint density at radius 1 is 1.17 bits per heavy atom. The summed E-state index contributed by atoms with van der Waals surface area (Å²) in [4.78, 5) is 33.5. The molecule has 1 saturated heterocycles. The molecule has 2 heterocycles. The summed E-state index contributed by atoms with van der Waals surface area (Å²) in [6.45, 7) is 4.51. The molecule has 0 aliphatic carbocycles. The van der Waals surface area contributed by atoms with Crippen molar-refractivity contribution >= 4 is 18.9 Å². The van der Waals surface area contributed by atoms with Gasteiger partial charge in [0, 0.05) is 39.3 Å². The monoisotopic (exact) mass is 409 g/mol. The molecule has 1 fully saturated rings. The molecular formula is C20H31N3O6. The minimum Gasteiger partial charge on any atom is -0.483 e. The SMILES string of the molecule is CN1CC[C@@H](O)[C@H](C(=O)NCCN2CCc3ccccc3C2)C1.O=CO.O=CO. The third kappa shape index (κ3) is 8.59. The van der Waals surface area contributed by atoms with E-state index in [1.807, 2.05) is 7.05 Å². The van der Waals surface area contributed by atoms with Gasteiger partial charge in [-0.25, -0.2) is 0 Å². The molecule has 0 spiro atoms. The number of hydrogen-bond donors (Lipinski definition) is 4. The number of rotatable bonds is 4. The van der Waals surface area contributed by atoms with Gasteiger partial charge in [0.25, 0.3) is 12.9 Å². The highest BCUT2D eigenvalue weighted by Crippen LogP contribution is 2.18. The predicted octanol–water partition coefficient (Wildman–Crippen LogP) is -0.125. The Hall–Kier alpha value is -2.49. The van der Waals surface area contributed by atoms with Crippen LogP contribution in [0.15, 0.2) is 24.3 Å². The zero-order chi connectivity index (χ0) is 21.6. The Balaban J connectivity index is 0.000000626. The summed E-state index contributed by atoms with van der Waals surface area (Å²) >= 11 is 0. The van der Waals surface area contributed by atoms with E-state index < -0.39 is 6.10 Å². The highest BCUT2D eigenvalue weighted by Gasteiger charge is 2.31. The van der Waals surface area contributed by atoms with Crippen LogP contribution in [0.4, 0.5) is 0 Å². The molecule has 1 amide bonds. The minimum atomic E-state index is -0.506. The van der Waals surface area contributed by atoms with E-state index in [2.05, 4.69) is 39.4 Å². The molecule has 0 unspecified atom stereocenters. The molecule has 4 N–H and O–H groups in total. The average molecular weight is 409 g/mol. The topological polar surface area (TPSA) is 130 Å². The largest absolute Gasteiger partial charge is 0.483 e. The van der Waals surface area contributed by atoms with Gasteiger partial charge in [-0.1, -0.05) is 24.3 Å². The first-order chi connectivity index (χ1) is 14.0. The number of carboxylic acid groups (broad SMARTS) is 2. The van der Waals surface area contributed by atoms with E-state index in [1.165, 1.54) is 11.1 Å². The number of fused-ring (bicyclic) bond motifs is 1. The van der Waals surface area contributed by atoms with Gasteiger partial charge in [0.05, 0.1) is 12.0 Å². The zero-order valence-electron chi connectivity index (χ0n) is 16.7. The Kier molecular flexibility index (Phi) is 11.6. The molecule has 2 aliphatic heterocycles. The van der Waals surface area contributed by atoms with Crippen LogP contribution in [0, 0.1) is 5.92 Å². The highest BCUT2D eigenvalue weighted by atomic mass is 16.3. The number of nitrogens with zero attached hydrogens (tertiary/aromatic N) is 2. The molecule has 0 bridgehead atoms. The molecule has 29 heavy (non-hydrogen) atoms. The Labute approximate surface area is 170 Å². The third-order valence-electron chi connectivity index (χ3n) is 5.05. The van der Waals surface area contributed by atoms with Crippen molar-refractivity contribution in [3.8, 4) is 0 Å². The summed E-state index contributed by atoms with van der Waals surface area (Å²) < 4.78 is 0. The van der Waals surface area contributed by atoms with Crippen LogP contribution in [0.5, 0.6) is 0 Å². The standard InChI is InChI=1S/C18H27N3O2.2CH2O2/c1-20-9-7-17(22)16(13-20)18(23)19-8-11-21-10-6-14-4-2-3-5-15(14)12-21;2*2-1-3/h2-5,16-17,22H,6-13H2,1H3,(H,19,23);2*1H,(H,2,3)/t16-,17-;;/m1../s1. The van der Waals surface area contributed by atoms with Gasteiger partial charge in [-0.2, -0.15) is 0 Å². The maximum absolute atomic E-state index is 12.3. The van der Waals surface area contributed by atoms with Crippen LogP contribution in [-0.2, 0) is 27.3 Å². The summed E-state index contributed by atoms with van der Waals surface area (Å²) in [6.07, 6.45) is 1.25. The van der Waals surface area contributed by atoms with E-state index in [4.69, 9.17) is 19.8 Å². The van der Waals surface area contributed by atoms with Crippen LogP contribution >= 0.6 is 0 Å². The molecule has 2 atom stereocenters. The number of aliphatic hydroxyl groups excluding tert-OH is 1. The molecule has 0 saturated carbocycles.